The number of para-hydroxylation sites is 1. The minimum Gasteiger partial charge on any atom is -0.339 e. The summed E-state index contributed by atoms with van der Waals surface area (Å²) in [6.45, 7) is 6.75. The number of Topliss-reactive ketones (excluding diaryl/α,β-unsaturated/α-hetero) is 1. The number of benzene rings is 2. The molecule has 0 saturated heterocycles. The molecule has 126 valence electrons. The highest BCUT2D eigenvalue weighted by atomic mass is 16.1. The molecule has 25 heavy (non-hydrogen) atoms. The first-order valence-electron chi connectivity index (χ1n) is 8.94. The van der Waals surface area contributed by atoms with Crippen molar-refractivity contribution < 1.29 is 4.79 Å². The van der Waals surface area contributed by atoms with Gasteiger partial charge in [0.1, 0.15) is 0 Å². The van der Waals surface area contributed by atoms with Crippen LogP contribution in [0.3, 0.4) is 0 Å². The van der Waals surface area contributed by atoms with Gasteiger partial charge in [0.05, 0.1) is 0 Å². The van der Waals surface area contributed by atoms with E-state index >= 15 is 0 Å². The van der Waals surface area contributed by atoms with Gasteiger partial charge in [0, 0.05) is 34.1 Å². The second-order valence-electron chi connectivity index (χ2n) is 7.29. The SMILES string of the molecule is C=CCC1(C)CCc2c(c3ccccc3n2Cc2ccccc2)C1=O. The van der Waals surface area contributed by atoms with E-state index in [1.54, 1.807) is 0 Å². The molecule has 0 amide bonds. The number of rotatable bonds is 4. The third-order valence-electron chi connectivity index (χ3n) is 5.55. The molecule has 0 aliphatic heterocycles. The Morgan fingerprint density at radius 2 is 1.84 bits per heavy atom. The Balaban J connectivity index is 1.90. The Kier molecular flexibility index (Phi) is 3.84. The molecule has 2 nitrogen and oxygen atoms in total. The lowest BCUT2D eigenvalue weighted by Crippen LogP contribution is -2.33. The topological polar surface area (TPSA) is 22.0 Å². The summed E-state index contributed by atoms with van der Waals surface area (Å²) in [5.74, 6) is 0.275. The Morgan fingerprint density at radius 3 is 2.60 bits per heavy atom. The zero-order valence-electron chi connectivity index (χ0n) is 14.7. The Morgan fingerprint density at radius 1 is 1.12 bits per heavy atom. The van der Waals surface area contributed by atoms with Gasteiger partial charge >= 0.3 is 0 Å². The molecule has 0 bridgehead atoms. The predicted octanol–water partition coefficient (Wildman–Crippen LogP) is 5.40. The van der Waals surface area contributed by atoms with Crippen LogP contribution in [0, 0.1) is 5.41 Å². The maximum atomic E-state index is 13.3. The molecule has 1 aliphatic carbocycles. The number of hydrogen-bond acceptors (Lipinski definition) is 1. The molecule has 0 fully saturated rings. The lowest BCUT2D eigenvalue weighted by Gasteiger charge is -2.32. The maximum Gasteiger partial charge on any atom is 0.171 e. The molecule has 1 unspecified atom stereocenters. The molecule has 3 aromatic rings. The quantitative estimate of drug-likeness (QED) is 0.587. The van der Waals surface area contributed by atoms with Gasteiger partial charge in [0.25, 0.3) is 0 Å². The first-order valence-corrected chi connectivity index (χ1v) is 8.94. The molecule has 0 saturated carbocycles. The van der Waals surface area contributed by atoms with Crippen molar-refractivity contribution in [3.8, 4) is 0 Å². The van der Waals surface area contributed by atoms with E-state index in [-0.39, 0.29) is 11.2 Å². The number of carbonyl (C=O) groups excluding carboxylic acids is 1. The molecule has 1 aromatic heterocycles. The van der Waals surface area contributed by atoms with Gasteiger partial charge in [-0.05, 0) is 30.9 Å². The van der Waals surface area contributed by atoms with Gasteiger partial charge in [0.15, 0.2) is 5.78 Å². The first-order chi connectivity index (χ1) is 12.1. The number of fused-ring (bicyclic) bond motifs is 3. The molecule has 1 atom stereocenters. The van der Waals surface area contributed by atoms with Crippen LogP contribution < -0.4 is 0 Å². The average Bonchev–Trinajstić information content (AvgIpc) is 2.94. The van der Waals surface area contributed by atoms with Gasteiger partial charge < -0.3 is 4.57 Å². The number of nitrogens with zero attached hydrogens (tertiary/aromatic N) is 1. The highest BCUT2D eigenvalue weighted by Gasteiger charge is 2.40. The van der Waals surface area contributed by atoms with E-state index in [0.29, 0.717) is 0 Å². The van der Waals surface area contributed by atoms with E-state index < -0.39 is 0 Å². The Hall–Kier alpha value is -2.61. The summed E-state index contributed by atoms with van der Waals surface area (Å²) in [6.07, 6.45) is 4.44. The second-order valence-corrected chi connectivity index (χ2v) is 7.29. The third kappa shape index (κ3) is 2.53. The molecule has 1 aliphatic rings. The highest BCUT2D eigenvalue weighted by Crippen LogP contribution is 2.42. The normalized spacial score (nSPS) is 19.8. The van der Waals surface area contributed by atoms with E-state index in [0.717, 1.165) is 42.3 Å². The molecule has 0 radical (unpaired) electrons. The van der Waals surface area contributed by atoms with Crippen molar-refractivity contribution in [2.45, 2.75) is 32.7 Å². The van der Waals surface area contributed by atoms with Crippen molar-refractivity contribution in [3.05, 3.63) is 84.1 Å². The van der Waals surface area contributed by atoms with Gasteiger partial charge in [-0.15, -0.1) is 6.58 Å². The summed E-state index contributed by atoms with van der Waals surface area (Å²) in [6, 6.07) is 18.8. The lowest BCUT2D eigenvalue weighted by molar-refractivity contribution is 0.0788. The average molecular weight is 329 g/mol. The first kappa shape index (κ1) is 15.9. The van der Waals surface area contributed by atoms with Gasteiger partial charge in [-0.3, -0.25) is 4.79 Å². The fourth-order valence-corrected chi connectivity index (χ4v) is 4.14. The van der Waals surface area contributed by atoms with Crippen molar-refractivity contribution in [2.75, 3.05) is 0 Å². The smallest absolute Gasteiger partial charge is 0.171 e. The van der Waals surface area contributed by atoms with Gasteiger partial charge in [0.2, 0.25) is 0 Å². The van der Waals surface area contributed by atoms with Gasteiger partial charge in [-0.2, -0.15) is 0 Å². The molecule has 0 spiro atoms. The summed E-state index contributed by atoms with van der Waals surface area (Å²) >= 11 is 0. The van der Waals surface area contributed by atoms with Gasteiger partial charge in [-0.25, -0.2) is 0 Å². The van der Waals surface area contributed by atoms with Crippen LogP contribution in [0.1, 0.15) is 41.4 Å². The zero-order valence-corrected chi connectivity index (χ0v) is 14.7. The van der Waals surface area contributed by atoms with Crippen LogP contribution in [0.2, 0.25) is 0 Å². The second kappa shape index (κ2) is 6.03. The van der Waals surface area contributed by atoms with Crippen LogP contribution in [0.5, 0.6) is 0 Å². The third-order valence-corrected chi connectivity index (χ3v) is 5.55. The number of aromatic nitrogens is 1. The van der Waals surface area contributed by atoms with E-state index in [2.05, 4.69) is 60.5 Å². The van der Waals surface area contributed by atoms with E-state index in [9.17, 15) is 4.79 Å². The fraction of sp³-hybridized carbons (Fsp3) is 0.261. The van der Waals surface area contributed by atoms with Crippen molar-refractivity contribution in [2.24, 2.45) is 5.41 Å². The zero-order chi connectivity index (χ0) is 17.4. The lowest BCUT2D eigenvalue weighted by atomic mass is 9.71. The van der Waals surface area contributed by atoms with E-state index in [1.807, 2.05) is 18.2 Å². The summed E-state index contributed by atoms with van der Waals surface area (Å²) in [7, 11) is 0. The summed E-state index contributed by atoms with van der Waals surface area (Å²) in [5, 5.41) is 1.09. The predicted molar refractivity (Wildman–Crippen MR) is 103 cm³/mol. The van der Waals surface area contributed by atoms with E-state index in [1.165, 1.54) is 11.3 Å². The minimum absolute atomic E-state index is 0.275. The molecular weight excluding hydrogens is 306 g/mol. The van der Waals surface area contributed by atoms with Crippen molar-refractivity contribution >= 4 is 16.7 Å². The van der Waals surface area contributed by atoms with Crippen LogP contribution in [-0.4, -0.2) is 10.4 Å². The van der Waals surface area contributed by atoms with Crippen LogP contribution in [0.4, 0.5) is 0 Å². The van der Waals surface area contributed by atoms with Crippen molar-refractivity contribution in [1.29, 1.82) is 0 Å². The summed E-state index contributed by atoms with van der Waals surface area (Å²) in [5.41, 5.74) is 4.22. The molecule has 4 rings (SSSR count). The van der Waals surface area contributed by atoms with Crippen molar-refractivity contribution in [3.63, 3.8) is 0 Å². The van der Waals surface area contributed by atoms with E-state index in [4.69, 9.17) is 0 Å². The molecule has 2 heteroatoms. The molecule has 0 N–H and O–H groups in total. The maximum absolute atomic E-state index is 13.3. The Labute approximate surface area is 148 Å². The molecule has 2 aromatic carbocycles. The van der Waals surface area contributed by atoms with Crippen LogP contribution >= 0.6 is 0 Å². The number of allylic oxidation sites excluding steroid dienone is 1. The highest BCUT2D eigenvalue weighted by molar-refractivity contribution is 6.12. The van der Waals surface area contributed by atoms with Crippen LogP contribution in [0.15, 0.2) is 67.3 Å². The van der Waals surface area contributed by atoms with Crippen LogP contribution in [0.25, 0.3) is 10.9 Å². The van der Waals surface area contributed by atoms with Gasteiger partial charge in [-0.1, -0.05) is 61.5 Å². The number of carbonyl (C=O) groups is 1. The molecular formula is C23H23NO. The van der Waals surface area contributed by atoms with Crippen LogP contribution in [-0.2, 0) is 13.0 Å². The minimum atomic E-state index is -0.323. The number of hydrogen-bond donors (Lipinski definition) is 0. The molecule has 1 heterocycles. The monoisotopic (exact) mass is 329 g/mol. The largest absolute Gasteiger partial charge is 0.339 e. The fourth-order valence-electron chi connectivity index (χ4n) is 4.14. The Bertz CT molecular complexity index is 951. The summed E-state index contributed by atoms with van der Waals surface area (Å²) in [4.78, 5) is 13.3. The summed E-state index contributed by atoms with van der Waals surface area (Å²) < 4.78 is 2.34. The number of ketones is 1. The van der Waals surface area contributed by atoms with Crippen molar-refractivity contribution in [1.82, 2.24) is 4.57 Å². The standard InChI is InChI=1S/C23H23NO/c1-3-14-23(2)15-13-20-21(22(23)25)18-11-7-8-12-19(18)24(20)16-17-9-5-4-6-10-17/h3-12H,1,13-16H2,2H3.